The Bertz CT molecular complexity index is 651. The van der Waals surface area contributed by atoms with Gasteiger partial charge in [-0.15, -0.1) is 0 Å². The first-order chi connectivity index (χ1) is 11.6. The smallest absolute Gasteiger partial charge is 0.230 e. The maximum atomic E-state index is 5.12. The average molecular weight is 331 g/mol. The van der Waals surface area contributed by atoms with E-state index in [0.717, 1.165) is 30.8 Å². The van der Waals surface area contributed by atoms with Crippen LogP contribution in [0.5, 0.6) is 0 Å². The molecule has 1 saturated heterocycles. The van der Waals surface area contributed by atoms with E-state index in [2.05, 4.69) is 44.6 Å². The molecule has 8 heteroatoms. The molecule has 0 aliphatic carbocycles. The highest BCUT2D eigenvalue weighted by Gasteiger charge is 2.17. The maximum absolute atomic E-state index is 5.12. The number of aromatic nitrogens is 4. The zero-order valence-corrected chi connectivity index (χ0v) is 14.5. The second kappa shape index (κ2) is 7.57. The first-order valence-electron chi connectivity index (χ1n) is 8.44. The molecule has 1 fully saturated rings. The second-order valence-electron chi connectivity index (χ2n) is 6.53. The minimum absolute atomic E-state index is 0.321. The fourth-order valence-electron chi connectivity index (χ4n) is 2.89. The molecule has 2 aromatic heterocycles. The topological polar surface area (TPSA) is 92.0 Å². The van der Waals surface area contributed by atoms with E-state index in [1.165, 1.54) is 6.42 Å². The van der Waals surface area contributed by atoms with Crippen LogP contribution >= 0.6 is 0 Å². The number of nitrogens with one attached hydrogen (secondary N) is 2. The largest absolute Gasteiger partial charge is 0.364 e. The van der Waals surface area contributed by atoms with E-state index in [1.807, 2.05) is 11.9 Å². The third kappa shape index (κ3) is 4.00. The standard InChI is InChI=1S/C16H25N7O/c1-11(2)14-12(9-24-22-14)8-23(3)16-19-10-18-15(21-16)20-13-5-4-6-17-7-13/h9-11,13,17H,4-8H2,1-3H3,(H,18,19,20,21). The highest BCUT2D eigenvalue weighted by atomic mass is 16.5. The van der Waals surface area contributed by atoms with Gasteiger partial charge >= 0.3 is 0 Å². The predicted octanol–water partition coefficient (Wildman–Crippen LogP) is 1.78. The van der Waals surface area contributed by atoms with Crippen LogP contribution in [0.25, 0.3) is 0 Å². The molecular formula is C16H25N7O. The normalized spacial score (nSPS) is 17.9. The number of rotatable bonds is 6. The molecule has 0 bridgehead atoms. The van der Waals surface area contributed by atoms with Gasteiger partial charge in [-0.05, 0) is 25.3 Å². The van der Waals surface area contributed by atoms with Gasteiger partial charge in [0.1, 0.15) is 12.6 Å². The molecule has 130 valence electrons. The molecule has 8 nitrogen and oxygen atoms in total. The third-order valence-corrected chi connectivity index (χ3v) is 4.16. The third-order valence-electron chi connectivity index (χ3n) is 4.16. The van der Waals surface area contributed by atoms with Crippen LogP contribution in [0.3, 0.4) is 0 Å². The van der Waals surface area contributed by atoms with Crippen LogP contribution < -0.4 is 15.5 Å². The predicted molar refractivity (Wildman–Crippen MR) is 92.0 cm³/mol. The second-order valence-corrected chi connectivity index (χ2v) is 6.53. The van der Waals surface area contributed by atoms with Gasteiger partial charge in [-0.3, -0.25) is 0 Å². The Balaban J connectivity index is 1.67. The van der Waals surface area contributed by atoms with Crippen molar-refractivity contribution in [3.63, 3.8) is 0 Å². The van der Waals surface area contributed by atoms with Gasteiger partial charge in [0.05, 0.1) is 12.2 Å². The Labute approximate surface area is 142 Å². The quantitative estimate of drug-likeness (QED) is 0.827. The molecule has 1 aliphatic heterocycles. The van der Waals surface area contributed by atoms with Crippen LogP contribution in [0.4, 0.5) is 11.9 Å². The van der Waals surface area contributed by atoms with Crippen LogP contribution in [-0.2, 0) is 6.54 Å². The first-order valence-corrected chi connectivity index (χ1v) is 8.44. The number of hydrogen-bond acceptors (Lipinski definition) is 8. The van der Waals surface area contributed by atoms with Crippen molar-refractivity contribution in [2.45, 2.75) is 45.2 Å². The fourth-order valence-corrected chi connectivity index (χ4v) is 2.89. The van der Waals surface area contributed by atoms with Crippen molar-refractivity contribution in [1.29, 1.82) is 0 Å². The molecule has 3 heterocycles. The number of hydrogen-bond donors (Lipinski definition) is 2. The molecule has 0 amide bonds. The van der Waals surface area contributed by atoms with E-state index in [0.29, 0.717) is 30.4 Å². The van der Waals surface area contributed by atoms with Crippen LogP contribution in [0, 0.1) is 0 Å². The molecule has 0 aromatic carbocycles. The molecule has 1 unspecified atom stereocenters. The van der Waals surface area contributed by atoms with Gasteiger partial charge in [0.15, 0.2) is 0 Å². The summed E-state index contributed by atoms with van der Waals surface area (Å²) in [7, 11) is 1.96. The highest BCUT2D eigenvalue weighted by Crippen LogP contribution is 2.20. The van der Waals surface area contributed by atoms with Crippen molar-refractivity contribution in [2.24, 2.45) is 0 Å². The summed E-state index contributed by atoms with van der Waals surface area (Å²) in [6.07, 6.45) is 5.54. The summed E-state index contributed by atoms with van der Waals surface area (Å²) in [5.74, 6) is 1.57. The van der Waals surface area contributed by atoms with Crippen molar-refractivity contribution in [1.82, 2.24) is 25.4 Å². The minimum atomic E-state index is 0.321. The molecule has 3 rings (SSSR count). The summed E-state index contributed by atoms with van der Waals surface area (Å²) in [6.45, 7) is 6.87. The van der Waals surface area contributed by atoms with Crippen LogP contribution in [0.1, 0.15) is 43.9 Å². The van der Waals surface area contributed by atoms with E-state index in [-0.39, 0.29) is 0 Å². The highest BCUT2D eigenvalue weighted by molar-refractivity contribution is 5.37. The molecular weight excluding hydrogens is 306 g/mol. The van der Waals surface area contributed by atoms with Gasteiger partial charge in [0, 0.05) is 25.2 Å². The summed E-state index contributed by atoms with van der Waals surface area (Å²) < 4.78 is 5.12. The Hall–Kier alpha value is -2.22. The van der Waals surface area contributed by atoms with Gasteiger partial charge < -0.3 is 20.1 Å². The monoisotopic (exact) mass is 331 g/mol. The number of piperidine rings is 1. The van der Waals surface area contributed by atoms with Crippen molar-refractivity contribution in [3.05, 3.63) is 23.8 Å². The van der Waals surface area contributed by atoms with E-state index < -0.39 is 0 Å². The summed E-state index contributed by atoms with van der Waals surface area (Å²) in [6, 6.07) is 0.366. The lowest BCUT2D eigenvalue weighted by Crippen LogP contribution is -2.38. The van der Waals surface area contributed by atoms with Crippen LogP contribution in [-0.4, -0.2) is 46.3 Å². The lowest BCUT2D eigenvalue weighted by Gasteiger charge is -2.24. The molecule has 1 atom stereocenters. The van der Waals surface area contributed by atoms with Crippen molar-refractivity contribution in [2.75, 3.05) is 30.4 Å². The van der Waals surface area contributed by atoms with Crippen LogP contribution in [0.15, 0.2) is 17.1 Å². The van der Waals surface area contributed by atoms with Gasteiger partial charge in [-0.2, -0.15) is 4.98 Å². The van der Waals surface area contributed by atoms with E-state index in [4.69, 9.17) is 4.52 Å². The molecule has 0 radical (unpaired) electrons. The number of nitrogens with zero attached hydrogens (tertiary/aromatic N) is 5. The summed E-state index contributed by atoms with van der Waals surface area (Å²) in [4.78, 5) is 15.0. The Morgan fingerprint density at radius 3 is 3.04 bits per heavy atom. The zero-order valence-electron chi connectivity index (χ0n) is 14.5. The van der Waals surface area contributed by atoms with Crippen molar-refractivity contribution in [3.8, 4) is 0 Å². The minimum Gasteiger partial charge on any atom is -0.364 e. The SMILES string of the molecule is CC(C)c1nocc1CN(C)c1ncnc(NC2CCCNC2)n1. The fraction of sp³-hybridized carbons (Fsp3) is 0.625. The number of anilines is 2. The first kappa shape index (κ1) is 16.6. The Morgan fingerprint density at radius 2 is 2.29 bits per heavy atom. The molecule has 24 heavy (non-hydrogen) atoms. The zero-order chi connectivity index (χ0) is 16.9. The summed E-state index contributed by atoms with van der Waals surface area (Å²) >= 11 is 0. The van der Waals surface area contributed by atoms with Crippen molar-refractivity contribution >= 4 is 11.9 Å². The van der Waals surface area contributed by atoms with Gasteiger partial charge in [0.25, 0.3) is 0 Å². The van der Waals surface area contributed by atoms with E-state index in [9.17, 15) is 0 Å². The van der Waals surface area contributed by atoms with E-state index in [1.54, 1.807) is 12.6 Å². The van der Waals surface area contributed by atoms with Gasteiger partial charge in [-0.1, -0.05) is 19.0 Å². The maximum Gasteiger partial charge on any atom is 0.230 e. The van der Waals surface area contributed by atoms with Gasteiger partial charge in [0.2, 0.25) is 11.9 Å². The average Bonchev–Trinajstić information content (AvgIpc) is 3.04. The molecule has 2 aromatic rings. The Morgan fingerprint density at radius 1 is 1.42 bits per heavy atom. The lowest BCUT2D eigenvalue weighted by atomic mass is 10.1. The Kier molecular flexibility index (Phi) is 5.24. The molecule has 0 saturated carbocycles. The van der Waals surface area contributed by atoms with E-state index >= 15 is 0 Å². The molecule has 0 spiro atoms. The summed E-state index contributed by atoms with van der Waals surface area (Å²) in [5, 5.41) is 10.8. The lowest BCUT2D eigenvalue weighted by molar-refractivity contribution is 0.408. The van der Waals surface area contributed by atoms with Crippen molar-refractivity contribution < 1.29 is 4.52 Å². The summed E-state index contributed by atoms with van der Waals surface area (Å²) in [5.41, 5.74) is 2.03. The molecule has 2 N–H and O–H groups in total. The molecule has 1 aliphatic rings. The van der Waals surface area contributed by atoms with Gasteiger partial charge in [-0.25, -0.2) is 9.97 Å². The van der Waals surface area contributed by atoms with Crippen LogP contribution in [0.2, 0.25) is 0 Å².